The zero-order chi connectivity index (χ0) is 12.8. The predicted octanol–water partition coefficient (Wildman–Crippen LogP) is 3.12. The molecule has 2 nitrogen and oxygen atoms in total. The fourth-order valence-corrected chi connectivity index (χ4v) is 2.67. The summed E-state index contributed by atoms with van der Waals surface area (Å²) in [6.07, 6.45) is 0.422. The van der Waals surface area contributed by atoms with Crippen LogP contribution in [0.25, 0.3) is 0 Å². The van der Waals surface area contributed by atoms with E-state index in [0.29, 0.717) is 13.0 Å². The SMILES string of the molecule is CC1(CO[Si](C)(C)C(C)(C)C)CC1(F)CO. The molecule has 1 aliphatic rings. The van der Waals surface area contributed by atoms with Gasteiger partial charge in [-0.1, -0.05) is 27.7 Å². The summed E-state index contributed by atoms with van der Waals surface area (Å²) in [7, 11) is -1.80. The Labute approximate surface area is 99.3 Å². The minimum Gasteiger partial charge on any atom is -0.416 e. The number of aliphatic hydroxyl groups excluding tert-OH is 1. The van der Waals surface area contributed by atoms with Gasteiger partial charge in [-0.3, -0.25) is 0 Å². The molecule has 96 valence electrons. The van der Waals surface area contributed by atoms with Crippen LogP contribution in [-0.4, -0.2) is 32.3 Å². The van der Waals surface area contributed by atoms with E-state index in [1.165, 1.54) is 0 Å². The van der Waals surface area contributed by atoms with Gasteiger partial charge in [0.2, 0.25) is 0 Å². The Hall–Kier alpha value is 0.0669. The van der Waals surface area contributed by atoms with Crippen molar-refractivity contribution in [1.29, 1.82) is 0 Å². The number of aliphatic hydroxyl groups is 1. The molecule has 0 aromatic rings. The summed E-state index contributed by atoms with van der Waals surface area (Å²) >= 11 is 0. The predicted molar refractivity (Wildman–Crippen MR) is 66.8 cm³/mol. The van der Waals surface area contributed by atoms with Gasteiger partial charge in [0.25, 0.3) is 0 Å². The van der Waals surface area contributed by atoms with Crippen LogP contribution in [0.3, 0.4) is 0 Å². The molecule has 1 fully saturated rings. The second-order valence-electron chi connectivity index (χ2n) is 6.91. The molecule has 0 aromatic carbocycles. The molecule has 1 rings (SSSR count). The van der Waals surface area contributed by atoms with Crippen LogP contribution in [0.15, 0.2) is 0 Å². The van der Waals surface area contributed by atoms with E-state index in [-0.39, 0.29) is 11.6 Å². The molecular weight excluding hydrogens is 223 g/mol. The average molecular weight is 248 g/mol. The van der Waals surface area contributed by atoms with Crippen molar-refractivity contribution in [2.75, 3.05) is 13.2 Å². The molecule has 1 aliphatic carbocycles. The standard InChI is InChI=1S/C12H25FO2Si/c1-10(2,3)16(5,6)15-9-11(4)7-12(11,13)8-14/h14H,7-9H2,1-6H3. The van der Waals surface area contributed by atoms with Crippen LogP contribution < -0.4 is 0 Å². The van der Waals surface area contributed by atoms with Gasteiger partial charge in [-0.05, 0) is 24.6 Å². The molecule has 0 amide bonds. The molecule has 4 heteroatoms. The number of hydrogen-bond donors (Lipinski definition) is 1. The first-order valence-electron chi connectivity index (χ1n) is 5.91. The maximum absolute atomic E-state index is 13.8. The first-order chi connectivity index (χ1) is 6.97. The molecule has 0 radical (unpaired) electrons. The lowest BCUT2D eigenvalue weighted by Gasteiger charge is -2.37. The Morgan fingerprint density at radius 3 is 2.19 bits per heavy atom. The Morgan fingerprint density at radius 1 is 1.38 bits per heavy atom. The summed E-state index contributed by atoms with van der Waals surface area (Å²) < 4.78 is 19.8. The second kappa shape index (κ2) is 3.78. The zero-order valence-corrected chi connectivity index (χ0v) is 12.4. The summed E-state index contributed by atoms with van der Waals surface area (Å²) in [6, 6.07) is 0. The van der Waals surface area contributed by atoms with E-state index in [9.17, 15) is 4.39 Å². The Bertz CT molecular complexity index is 275. The van der Waals surface area contributed by atoms with Gasteiger partial charge in [-0.15, -0.1) is 0 Å². The van der Waals surface area contributed by atoms with Gasteiger partial charge in [0.1, 0.15) is 5.67 Å². The summed E-state index contributed by atoms with van der Waals surface area (Å²) in [4.78, 5) is 0. The van der Waals surface area contributed by atoms with Crippen LogP contribution in [0.4, 0.5) is 4.39 Å². The normalized spacial score (nSPS) is 35.2. The highest BCUT2D eigenvalue weighted by molar-refractivity contribution is 6.74. The molecule has 0 aromatic heterocycles. The van der Waals surface area contributed by atoms with Gasteiger partial charge in [0, 0.05) is 12.0 Å². The van der Waals surface area contributed by atoms with E-state index >= 15 is 0 Å². The Morgan fingerprint density at radius 2 is 1.88 bits per heavy atom. The molecular formula is C12H25FO2Si. The van der Waals surface area contributed by atoms with Crippen LogP contribution in [0.1, 0.15) is 34.1 Å². The molecule has 0 spiro atoms. The summed E-state index contributed by atoms with van der Waals surface area (Å²) in [6.45, 7) is 12.7. The smallest absolute Gasteiger partial charge is 0.192 e. The fourth-order valence-electron chi connectivity index (χ4n) is 1.56. The van der Waals surface area contributed by atoms with Crippen LogP contribution in [0.5, 0.6) is 0 Å². The van der Waals surface area contributed by atoms with Crippen LogP contribution in [-0.2, 0) is 4.43 Å². The quantitative estimate of drug-likeness (QED) is 0.775. The highest BCUT2D eigenvalue weighted by Crippen LogP contribution is 2.59. The molecule has 0 bridgehead atoms. The molecule has 16 heavy (non-hydrogen) atoms. The van der Waals surface area contributed by atoms with Crippen molar-refractivity contribution in [3.8, 4) is 0 Å². The lowest BCUT2D eigenvalue weighted by molar-refractivity contribution is 0.0959. The third kappa shape index (κ3) is 2.34. The zero-order valence-electron chi connectivity index (χ0n) is 11.4. The minimum atomic E-state index is -1.80. The van der Waals surface area contributed by atoms with Crippen molar-refractivity contribution >= 4 is 8.32 Å². The van der Waals surface area contributed by atoms with Crippen molar-refractivity contribution in [2.24, 2.45) is 5.41 Å². The lowest BCUT2D eigenvalue weighted by atomic mass is 10.1. The van der Waals surface area contributed by atoms with E-state index in [4.69, 9.17) is 9.53 Å². The van der Waals surface area contributed by atoms with Gasteiger partial charge < -0.3 is 9.53 Å². The van der Waals surface area contributed by atoms with E-state index in [0.717, 1.165) is 0 Å². The van der Waals surface area contributed by atoms with Crippen LogP contribution in [0, 0.1) is 5.41 Å². The van der Waals surface area contributed by atoms with Crippen molar-refractivity contribution in [1.82, 2.24) is 0 Å². The highest BCUT2D eigenvalue weighted by atomic mass is 28.4. The largest absolute Gasteiger partial charge is 0.416 e. The summed E-state index contributed by atoms with van der Waals surface area (Å²) in [5, 5.41) is 9.12. The number of rotatable bonds is 4. The van der Waals surface area contributed by atoms with Gasteiger partial charge in [-0.2, -0.15) is 0 Å². The molecule has 0 aliphatic heterocycles. The first-order valence-corrected chi connectivity index (χ1v) is 8.82. The van der Waals surface area contributed by atoms with Crippen molar-refractivity contribution in [3.05, 3.63) is 0 Å². The summed E-state index contributed by atoms with van der Waals surface area (Å²) in [5.41, 5.74) is -1.88. The third-order valence-electron chi connectivity index (χ3n) is 4.44. The topological polar surface area (TPSA) is 29.5 Å². The maximum Gasteiger partial charge on any atom is 0.192 e. The lowest BCUT2D eigenvalue weighted by Crippen LogP contribution is -2.42. The molecule has 2 unspecified atom stereocenters. The molecule has 1 saturated carbocycles. The second-order valence-corrected chi connectivity index (χ2v) is 11.7. The Kier molecular flexibility index (Phi) is 3.34. The van der Waals surface area contributed by atoms with Gasteiger partial charge in [0.05, 0.1) is 6.61 Å². The number of hydrogen-bond acceptors (Lipinski definition) is 2. The van der Waals surface area contributed by atoms with E-state index in [1.807, 2.05) is 6.92 Å². The first kappa shape index (κ1) is 14.1. The highest BCUT2D eigenvalue weighted by Gasteiger charge is 2.66. The summed E-state index contributed by atoms with van der Waals surface area (Å²) in [5.74, 6) is 0. The van der Waals surface area contributed by atoms with Crippen molar-refractivity contribution in [3.63, 3.8) is 0 Å². The van der Waals surface area contributed by atoms with Gasteiger partial charge in [0.15, 0.2) is 8.32 Å². The Balaban J connectivity index is 2.55. The van der Waals surface area contributed by atoms with Crippen molar-refractivity contribution < 1.29 is 13.9 Å². The fraction of sp³-hybridized carbons (Fsp3) is 1.00. The number of alkyl halides is 1. The van der Waals surface area contributed by atoms with E-state index in [1.54, 1.807) is 0 Å². The maximum atomic E-state index is 13.8. The number of halogens is 1. The molecule has 0 heterocycles. The van der Waals surface area contributed by atoms with Crippen LogP contribution in [0.2, 0.25) is 18.1 Å². The minimum absolute atomic E-state index is 0.149. The van der Waals surface area contributed by atoms with Gasteiger partial charge >= 0.3 is 0 Å². The monoisotopic (exact) mass is 248 g/mol. The average Bonchev–Trinajstić information content (AvgIpc) is 2.66. The van der Waals surface area contributed by atoms with Crippen LogP contribution >= 0.6 is 0 Å². The van der Waals surface area contributed by atoms with E-state index in [2.05, 4.69) is 33.9 Å². The van der Waals surface area contributed by atoms with Crippen molar-refractivity contribution in [2.45, 2.75) is 57.9 Å². The van der Waals surface area contributed by atoms with E-state index < -0.39 is 19.4 Å². The third-order valence-corrected chi connectivity index (χ3v) is 8.91. The molecule has 2 atom stereocenters. The molecule has 0 saturated heterocycles. The van der Waals surface area contributed by atoms with Gasteiger partial charge in [-0.25, -0.2) is 4.39 Å². The molecule has 1 N–H and O–H groups in total.